The Morgan fingerprint density at radius 3 is 2.68 bits per heavy atom. The van der Waals surface area contributed by atoms with Gasteiger partial charge in [0.2, 0.25) is 0 Å². The van der Waals surface area contributed by atoms with E-state index in [1.807, 2.05) is 0 Å². The van der Waals surface area contributed by atoms with E-state index < -0.39 is 0 Å². The second kappa shape index (κ2) is 5.96. The maximum Gasteiger partial charge on any atom is 0.0366 e. The van der Waals surface area contributed by atoms with Gasteiger partial charge in [-0.25, -0.2) is 0 Å². The molecule has 1 aromatic carbocycles. The second-order valence-corrected chi connectivity index (χ2v) is 6.12. The zero-order valence-corrected chi connectivity index (χ0v) is 12.0. The first-order valence-corrected chi connectivity index (χ1v) is 7.93. The van der Waals surface area contributed by atoms with Gasteiger partial charge in [-0.05, 0) is 44.2 Å². The Labute approximate surface area is 117 Å². The summed E-state index contributed by atoms with van der Waals surface area (Å²) in [4.78, 5) is 2.51. The first-order valence-electron chi connectivity index (χ1n) is 7.93. The van der Waals surface area contributed by atoms with Gasteiger partial charge < -0.3 is 10.2 Å². The number of nitrogens with zero attached hydrogens (tertiary/aromatic N) is 1. The molecule has 2 fully saturated rings. The summed E-state index contributed by atoms with van der Waals surface area (Å²) in [5.74, 6) is 0.952. The van der Waals surface area contributed by atoms with Gasteiger partial charge in [-0.3, -0.25) is 0 Å². The van der Waals surface area contributed by atoms with E-state index in [2.05, 4.69) is 47.5 Å². The highest BCUT2D eigenvalue weighted by Gasteiger charge is 2.35. The average Bonchev–Trinajstić information content (AvgIpc) is 2.88. The molecule has 3 atom stereocenters. The van der Waals surface area contributed by atoms with Crippen LogP contribution in [0.2, 0.25) is 0 Å². The van der Waals surface area contributed by atoms with E-state index in [4.69, 9.17) is 0 Å². The Morgan fingerprint density at radius 1 is 1.16 bits per heavy atom. The third-order valence-electron chi connectivity index (χ3n) is 4.89. The molecule has 0 spiro atoms. The Balaban J connectivity index is 1.61. The van der Waals surface area contributed by atoms with Gasteiger partial charge in [-0.2, -0.15) is 0 Å². The third kappa shape index (κ3) is 2.94. The number of fused-ring (bicyclic) bond motifs is 1. The fourth-order valence-corrected chi connectivity index (χ4v) is 3.89. The molecule has 19 heavy (non-hydrogen) atoms. The summed E-state index contributed by atoms with van der Waals surface area (Å²) < 4.78 is 0. The fourth-order valence-electron chi connectivity index (χ4n) is 3.89. The van der Waals surface area contributed by atoms with Crippen molar-refractivity contribution in [3.05, 3.63) is 30.3 Å². The van der Waals surface area contributed by atoms with Crippen molar-refractivity contribution in [1.29, 1.82) is 0 Å². The Hall–Kier alpha value is -1.02. The van der Waals surface area contributed by atoms with Crippen LogP contribution in [0.3, 0.4) is 0 Å². The van der Waals surface area contributed by atoms with Crippen LogP contribution in [0.15, 0.2) is 30.3 Å². The van der Waals surface area contributed by atoms with Gasteiger partial charge in [0.15, 0.2) is 0 Å². The molecule has 104 valence electrons. The van der Waals surface area contributed by atoms with Crippen molar-refractivity contribution in [2.45, 2.75) is 51.1 Å². The van der Waals surface area contributed by atoms with Crippen LogP contribution < -0.4 is 10.2 Å². The molecule has 0 amide bonds. The zero-order valence-electron chi connectivity index (χ0n) is 12.0. The molecule has 1 heterocycles. The van der Waals surface area contributed by atoms with Gasteiger partial charge in [0, 0.05) is 30.9 Å². The van der Waals surface area contributed by atoms with Crippen LogP contribution in [0.1, 0.15) is 39.0 Å². The minimum Gasteiger partial charge on any atom is -0.370 e. The summed E-state index contributed by atoms with van der Waals surface area (Å²) >= 11 is 0. The molecule has 0 bridgehead atoms. The van der Waals surface area contributed by atoms with E-state index in [1.54, 1.807) is 0 Å². The predicted molar refractivity (Wildman–Crippen MR) is 81.6 cm³/mol. The zero-order chi connectivity index (χ0) is 13.1. The summed E-state index contributed by atoms with van der Waals surface area (Å²) in [5, 5.41) is 3.89. The molecule has 1 N–H and O–H groups in total. The monoisotopic (exact) mass is 258 g/mol. The SMILES string of the molecule is CCN(CC1CC2CCCCC2N1)c1ccccc1. The van der Waals surface area contributed by atoms with Gasteiger partial charge in [0.25, 0.3) is 0 Å². The number of likely N-dealkylation sites (N-methyl/N-ethyl adjacent to an activating group) is 1. The van der Waals surface area contributed by atoms with Crippen molar-refractivity contribution < 1.29 is 0 Å². The van der Waals surface area contributed by atoms with Gasteiger partial charge >= 0.3 is 0 Å². The highest BCUT2D eigenvalue weighted by atomic mass is 15.2. The topological polar surface area (TPSA) is 15.3 Å². The van der Waals surface area contributed by atoms with E-state index in [-0.39, 0.29) is 0 Å². The Morgan fingerprint density at radius 2 is 1.95 bits per heavy atom. The quantitative estimate of drug-likeness (QED) is 0.890. The van der Waals surface area contributed by atoms with E-state index >= 15 is 0 Å². The first-order chi connectivity index (χ1) is 9.36. The van der Waals surface area contributed by atoms with Gasteiger partial charge in [-0.1, -0.05) is 31.0 Å². The van der Waals surface area contributed by atoms with Crippen LogP contribution in [0.5, 0.6) is 0 Å². The third-order valence-corrected chi connectivity index (χ3v) is 4.89. The van der Waals surface area contributed by atoms with Crippen molar-refractivity contribution >= 4 is 5.69 Å². The second-order valence-electron chi connectivity index (χ2n) is 6.12. The highest BCUT2D eigenvalue weighted by molar-refractivity contribution is 5.46. The number of hydrogen-bond acceptors (Lipinski definition) is 2. The number of hydrogen-bond donors (Lipinski definition) is 1. The molecule has 1 saturated heterocycles. The van der Waals surface area contributed by atoms with Crippen LogP contribution in [0.25, 0.3) is 0 Å². The maximum atomic E-state index is 3.89. The molecule has 2 aliphatic rings. The summed E-state index contributed by atoms with van der Waals surface area (Å²) in [6.45, 7) is 4.51. The maximum absolute atomic E-state index is 3.89. The molecular formula is C17H26N2. The summed E-state index contributed by atoms with van der Waals surface area (Å²) in [6.07, 6.45) is 7.11. The Kier molecular flexibility index (Phi) is 4.07. The molecule has 1 aromatic rings. The van der Waals surface area contributed by atoms with Crippen molar-refractivity contribution in [3.63, 3.8) is 0 Å². The van der Waals surface area contributed by atoms with Gasteiger partial charge in [0.1, 0.15) is 0 Å². The molecular weight excluding hydrogens is 232 g/mol. The number of anilines is 1. The van der Waals surface area contributed by atoms with Crippen LogP contribution >= 0.6 is 0 Å². The predicted octanol–water partition coefficient (Wildman–Crippen LogP) is 3.43. The molecule has 3 unspecified atom stereocenters. The smallest absolute Gasteiger partial charge is 0.0366 e. The molecule has 1 aliphatic carbocycles. The fraction of sp³-hybridized carbons (Fsp3) is 0.647. The van der Waals surface area contributed by atoms with Crippen LogP contribution in [0.4, 0.5) is 5.69 Å². The number of rotatable bonds is 4. The van der Waals surface area contributed by atoms with Crippen molar-refractivity contribution in [2.75, 3.05) is 18.0 Å². The lowest BCUT2D eigenvalue weighted by Crippen LogP contribution is -2.40. The molecule has 0 aromatic heterocycles. The molecule has 3 rings (SSSR count). The molecule has 1 aliphatic heterocycles. The normalized spacial score (nSPS) is 30.1. The molecule has 1 saturated carbocycles. The standard InChI is InChI=1S/C17H26N2/c1-2-19(16-9-4-3-5-10-16)13-15-12-14-8-6-7-11-17(14)18-15/h3-5,9-10,14-15,17-18H,2,6-8,11-13H2,1H3. The first kappa shape index (κ1) is 13.0. The van der Waals surface area contributed by atoms with E-state index in [0.717, 1.165) is 25.0 Å². The van der Waals surface area contributed by atoms with E-state index in [0.29, 0.717) is 6.04 Å². The highest BCUT2D eigenvalue weighted by Crippen LogP contribution is 2.33. The number of para-hydroxylation sites is 1. The van der Waals surface area contributed by atoms with Crippen molar-refractivity contribution in [3.8, 4) is 0 Å². The number of benzene rings is 1. The van der Waals surface area contributed by atoms with Crippen LogP contribution in [-0.2, 0) is 0 Å². The minimum absolute atomic E-state index is 0.688. The van der Waals surface area contributed by atoms with Crippen LogP contribution in [-0.4, -0.2) is 25.2 Å². The average molecular weight is 258 g/mol. The van der Waals surface area contributed by atoms with Crippen LogP contribution in [0, 0.1) is 5.92 Å². The molecule has 2 heteroatoms. The summed E-state index contributed by atoms with van der Waals surface area (Å²) in [5.41, 5.74) is 1.36. The summed E-state index contributed by atoms with van der Waals surface area (Å²) in [6, 6.07) is 12.3. The van der Waals surface area contributed by atoms with Crippen molar-refractivity contribution in [1.82, 2.24) is 5.32 Å². The van der Waals surface area contributed by atoms with Gasteiger partial charge in [0.05, 0.1) is 0 Å². The summed E-state index contributed by atoms with van der Waals surface area (Å²) in [7, 11) is 0. The van der Waals surface area contributed by atoms with Gasteiger partial charge in [-0.15, -0.1) is 0 Å². The van der Waals surface area contributed by atoms with E-state index in [9.17, 15) is 0 Å². The van der Waals surface area contributed by atoms with Crippen molar-refractivity contribution in [2.24, 2.45) is 5.92 Å². The molecule has 2 nitrogen and oxygen atoms in total. The molecule has 0 radical (unpaired) electrons. The lowest BCUT2D eigenvalue weighted by molar-refractivity contribution is 0.325. The largest absolute Gasteiger partial charge is 0.370 e. The lowest BCUT2D eigenvalue weighted by Gasteiger charge is -2.27. The van der Waals surface area contributed by atoms with E-state index in [1.165, 1.54) is 37.8 Å². The Bertz CT molecular complexity index is 376. The lowest BCUT2D eigenvalue weighted by atomic mass is 9.85. The minimum atomic E-state index is 0.688. The number of nitrogens with one attached hydrogen (secondary N) is 1.